The van der Waals surface area contributed by atoms with Gasteiger partial charge in [0.2, 0.25) is 0 Å². The van der Waals surface area contributed by atoms with Gasteiger partial charge in [-0.05, 0) is 62.6 Å². The minimum Gasteiger partial charge on any atom is -0.481 e. The fourth-order valence-electron chi connectivity index (χ4n) is 4.57. The first-order valence-electron chi connectivity index (χ1n) is 12.6. The Labute approximate surface area is 246 Å². The van der Waals surface area contributed by atoms with E-state index in [1.54, 1.807) is 18.2 Å². The molecule has 0 aromatic heterocycles. The van der Waals surface area contributed by atoms with Crippen LogP contribution in [0.4, 0.5) is 13.2 Å². The Kier molecular flexibility index (Phi) is 9.59. The minimum atomic E-state index is -5.03. The summed E-state index contributed by atoms with van der Waals surface area (Å²) in [6.45, 7) is 5.47. The minimum absolute atomic E-state index is 0.224. The van der Waals surface area contributed by atoms with Crippen LogP contribution in [0, 0.1) is 0 Å². The number of carbonyl (C=O) groups excluding carboxylic acids is 1. The van der Waals surface area contributed by atoms with E-state index in [0.717, 1.165) is 4.90 Å². The number of hydrogen-bond donors (Lipinski definition) is 1. The quantitative estimate of drug-likeness (QED) is 0.338. The van der Waals surface area contributed by atoms with Crippen molar-refractivity contribution < 1.29 is 41.0 Å². The number of alkyl halides is 3. The van der Waals surface area contributed by atoms with Gasteiger partial charge in [0.1, 0.15) is 6.10 Å². The lowest BCUT2D eigenvalue weighted by molar-refractivity contribution is -0.203. The molecule has 3 rings (SSSR count). The van der Waals surface area contributed by atoms with Crippen LogP contribution in [0.25, 0.3) is 0 Å². The second kappa shape index (κ2) is 11.9. The molecular formula is C28H30Cl2F3NO6S. The number of nitrogens with zero attached hydrogens (tertiary/aromatic N) is 1. The van der Waals surface area contributed by atoms with E-state index in [2.05, 4.69) is 0 Å². The zero-order valence-electron chi connectivity index (χ0n) is 22.7. The van der Waals surface area contributed by atoms with Crippen molar-refractivity contribution in [2.24, 2.45) is 0 Å². The third kappa shape index (κ3) is 7.43. The Morgan fingerprint density at radius 2 is 1.68 bits per heavy atom. The number of hydrogen-bond acceptors (Lipinski definition) is 5. The Morgan fingerprint density at radius 3 is 2.17 bits per heavy atom. The number of benzene rings is 2. The molecule has 0 bridgehead atoms. The third-order valence-electron chi connectivity index (χ3n) is 6.83. The summed E-state index contributed by atoms with van der Waals surface area (Å²) in [6, 6.07) is 10.7. The molecule has 1 amide bonds. The molecule has 0 unspecified atom stereocenters. The SMILES string of the molecule is CC[C@]1(CC(=O)O)O[C@H](c2cccc(Cl)c2)[C@@H](c2ccc(Cl)cc2)N(/C(=C/C(F)(F)F)CS(=O)(=O)C(C)(C)C)C1=O. The normalized spacial score (nSPS) is 22.6. The Bertz CT molecular complexity index is 1440. The molecule has 1 heterocycles. The average Bonchev–Trinajstić information content (AvgIpc) is 2.83. The number of rotatable bonds is 8. The summed E-state index contributed by atoms with van der Waals surface area (Å²) in [5.74, 6) is -3.69. The maximum atomic E-state index is 14.3. The van der Waals surface area contributed by atoms with Gasteiger partial charge in [-0.1, -0.05) is 54.4 Å². The largest absolute Gasteiger partial charge is 0.481 e. The molecule has 1 fully saturated rings. The molecule has 1 N–H and O–H groups in total. The number of halogens is 5. The molecular weight excluding hydrogens is 606 g/mol. The van der Waals surface area contributed by atoms with Crippen LogP contribution in [0.2, 0.25) is 10.0 Å². The first-order chi connectivity index (χ1) is 18.8. The number of amides is 1. The van der Waals surface area contributed by atoms with Crippen LogP contribution < -0.4 is 0 Å². The molecule has 2 aromatic carbocycles. The lowest BCUT2D eigenvalue weighted by Gasteiger charge is -2.50. The number of carboxylic acids is 1. The summed E-state index contributed by atoms with van der Waals surface area (Å²) in [6.07, 6.45) is -7.61. The van der Waals surface area contributed by atoms with Gasteiger partial charge in [-0.2, -0.15) is 13.2 Å². The van der Waals surface area contributed by atoms with E-state index < -0.39 is 68.3 Å². The van der Waals surface area contributed by atoms with E-state index in [1.807, 2.05) is 0 Å². The molecule has 3 atom stereocenters. The molecule has 41 heavy (non-hydrogen) atoms. The lowest BCUT2D eigenvalue weighted by Crippen LogP contribution is -2.59. The summed E-state index contributed by atoms with van der Waals surface area (Å²) in [5.41, 5.74) is -2.38. The van der Waals surface area contributed by atoms with Gasteiger partial charge < -0.3 is 14.7 Å². The predicted molar refractivity (Wildman–Crippen MR) is 149 cm³/mol. The summed E-state index contributed by atoms with van der Waals surface area (Å²) in [7, 11) is -4.27. The van der Waals surface area contributed by atoms with Crippen molar-refractivity contribution in [1.29, 1.82) is 0 Å². The molecule has 2 aromatic rings. The first-order valence-corrected chi connectivity index (χ1v) is 15.0. The highest BCUT2D eigenvalue weighted by molar-refractivity contribution is 7.92. The van der Waals surface area contributed by atoms with E-state index in [4.69, 9.17) is 27.9 Å². The second-order valence-corrected chi connectivity index (χ2v) is 14.3. The van der Waals surface area contributed by atoms with Crippen molar-refractivity contribution in [3.8, 4) is 0 Å². The summed E-state index contributed by atoms with van der Waals surface area (Å²) in [5, 5.41) is 10.3. The summed E-state index contributed by atoms with van der Waals surface area (Å²) in [4.78, 5) is 26.9. The van der Waals surface area contributed by atoms with Crippen molar-refractivity contribution in [3.63, 3.8) is 0 Å². The van der Waals surface area contributed by atoms with Crippen molar-refractivity contribution >= 4 is 44.9 Å². The zero-order valence-corrected chi connectivity index (χ0v) is 25.0. The Morgan fingerprint density at radius 1 is 1.07 bits per heavy atom. The van der Waals surface area contributed by atoms with Crippen molar-refractivity contribution in [1.82, 2.24) is 4.90 Å². The monoisotopic (exact) mass is 635 g/mol. The smallest absolute Gasteiger partial charge is 0.411 e. The molecule has 0 radical (unpaired) electrons. The fraction of sp³-hybridized carbons (Fsp3) is 0.429. The molecule has 224 valence electrons. The number of aliphatic carboxylic acids is 1. The fourth-order valence-corrected chi connectivity index (χ4v) is 5.94. The molecule has 7 nitrogen and oxygen atoms in total. The van der Waals surface area contributed by atoms with Crippen LogP contribution in [0.5, 0.6) is 0 Å². The van der Waals surface area contributed by atoms with Gasteiger partial charge in [-0.25, -0.2) is 8.42 Å². The number of sulfone groups is 1. The van der Waals surface area contributed by atoms with Gasteiger partial charge in [0.25, 0.3) is 5.91 Å². The number of morpholine rings is 1. The summed E-state index contributed by atoms with van der Waals surface area (Å²) >= 11 is 12.3. The van der Waals surface area contributed by atoms with E-state index in [9.17, 15) is 36.3 Å². The number of carbonyl (C=O) groups is 2. The standard InChI is InChI=1S/C28H30Cl2F3NO6S/c1-5-27(15-22(35)36)25(37)34(21(14-28(31,32)33)16-41(38,39)26(2,3)4)23(17-9-11-19(29)12-10-17)24(40-27)18-7-6-8-20(30)13-18/h6-14,23-24H,5,15-16H2,1-4H3,(H,35,36)/b21-14+/t23-,24-,27-/m1/s1. The maximum Gasteiger partial charge on any atom is 0.411 e. The van der Waals surface area contributed by atoms with Gasteiger partial charge >= 0.3 is 12.1 Å². The van der Waals surface area contributed by atoms with Crippen LogP contribution >= 0.6 is 23.2 Å². The van der Waals surface area contributed by atoms with Crippen LogP contribution in [0.15, 0.2) is 60.3 Å². The summed E-state index contributed by atoms with van der Waals surface area (Å²) < 4.78 is 73.5. The zero-order chi connectivity index (χ0) is 31.0. The molecule has 0 spiro atoms. The van der Waals surface area contributed by atoms with E-state index in [0.29, 0.717) is 10.6 Å². The van der Waals surface area contributed by atoms with Crippen LogP contribution in [0.3, 0.4) is 0 Å². The van der Waals surface area contributed by atoms with E-state index in [-0.39, 0.29) is 23.1 Å². The van der Waals surface area contributed by atoms with Gasteiger partial charge in [0.05, 0.1) is 23.0 Å². The van der Waals surface area contributed by atoms with Crippen molar-refractivity contribution in [2.75, 3.05) is 5.75 Å². The van der Waals surface area contributed by atoms with Gasteiger partial charge in [0, 0.05) is 21.8 Å². The number of carboxylic acid groups (broad SMARTS) is 1. The molecule has 0 saturated carbocycles. The first kappa shape index (κ1) is 32.9. The molecule has 1 aliphatic rings. The molecule has 0 aliphatic carbocycles. The topological polar surface area (TPSA) is 101 Å². The van der Waals surface area contributed by atoms with Crippen LogP contribution in [-0.2, 0) is 24.2 Å². The lowest BCUT2D eigenvalue weighted by atomic mass is 9.84. The molecule has 1 aliphatic heterocycles. The molecule has 1 saturated heterocycles. The van der Waals surface area contributed by atoms with Gasteiger partial charge in [-0.15, -0.1) is 0 Å². The Hall–Kier alpha value is -2.60. The van der Waals surface area contributed by atoms with Gasteiger partial charge in [0.15, 0.2) is 15.4 Å². The van der Waals surface area contributed by atoms with E-state index in [1.165, 1.54) is 58.0 Å². The molecule has 13 heteroatoms. The van der Waals surface area contributed by atoms with Crippen molar-refractivity contribution in [3.05, 3.63) is 81.5 Å². The highest BCUT2D eigenvalue weighted by Crippen LogP contribution is 2.50. The number of ether oxygens (including phenoxy) is 1. The Balaban J connectivity index is 2.43. The second-order valence-electron chi connectivity index (χ2n) is 10.7. The maximum absolute atomic E-state index is 14.3. The average molecular weight is 637 g/mol. The van der Waals surface area contributed by atoms with Crippen molar-refractivity contribution in [2.45, 2.75) is 69.2 Å². The van der Waals surface area contributed by atoms with Gasteiger partial charge in [-0.3, -0.25) is 9.59 Å². The predicted octanol–water partition coefficient (Wildman–Crippen LogP) is 6.92. The highest BCUT2D eigenvalue weighted by Gasteiger charge is 2.55. The third-order valence-corrected chi connectivity index (χ3v) is 9.86. The van der Waals surface area contributed by atoms with Crippen LogP contribution in [0.1, 0.15) is 63.8 Å². The van der Waals surface area contributed by atoms with E-state index >= 15 is 0 Å². The van der Waals surface area contributed by atoms with Crippen LogP contribution in [-0.4, -0.2) is 52.6 Å². The highest BCUT2D eigenvalue weighted by atomic mass is 35.5. The number of allylic oxidation sites excluding steroid dienone is 1.